The van der Waals surface area contributed by atoms with Crippen LogP contribution in [0.4, 0.5) is 4.39 Å². The molecule has 0 atom stereocenters. The van der Waals surface area contributed by atoms with Gasteiger partial charge in [-0.1, -0.05) is 37.6 Å². The molecule has 2 aromatic rings. The van der Waals surface area contributed by atoms with Gasteiger partial charge >= 0.3 is 0 Å². The zero-order valence-corrected chi connectivity index (χ0v) is 11.0. The van der Waals surface area contributed by atoms with E-state index in [4.69, 9.17) is 16.3 Å². The lowest BCUT2D eigenvalue weighted by atomic mass is 10.0. The molecule has 1 nitrogen and oxygen atoms in total. The van der Waals surface area contributed by atoms with E-state index in [2.05, 4.69) is 0 Å². The van der Waals surface area contributed by atoms with Crippen molar-refractivity contribution >= 4 is 11.6 Å². The molecule has 0 N–H and O–H groups in total. The van der Waals surface area contributed by atoms with Crippen molar-refractivity contribution in [1.82, 2.24) is 0 Å². The maximum Gasteiger partial charge on any atom is 0.130 e. The normalized spacial score (nSPS) is 10.7. The van der Waals surface area contributed by atoms with E-state index in [0.29, 0.717) is 22.1 Å². The summed E-state index contributed by atoms with van der Waals surface area (Å²) in [6.45, 7) is 3.91. The van der Waals surface area contributed by atoms with Crippen LogP contribution in [0.2, 0.25) is 5.02 Å². The Labute approximate surface area is 111 Å². The van der Waals surface area contributed by atoms with Gasteiger partial charge in [0.25, 0.3) is 0 Å². The van der Waals surface area contributed by atoms with Crippen LogP contribution in [0.3, 0.4) is 0 Å². The predicted molar refractivity (Wildman–Crippen MR) is 72.0 cm³/mol. The molecule has 2 rings (SSSR count). The predicted octanol–water partition coefficient (Wildman–Crippen LogP) is 5.39. The third-order valence-electron chi connectivity index (χ3n) is 2.63. The molecule has 0 saturated carbocycles. The van der Waals surface area contributed by atoms with Gasteiger partial charge in [0.2, 0.25) is 0 Å². The van der Waals surface area contributed by atoms with E-state index < -0.39 is 0 Å². The van der Waals surface area contributed by atoms with Crippen LogP contribution < -0.4 is 4.74 Å². The van der Waals surface area contributed by atoms with Crippen LogP contribution >= 0.6 is 11.6 Å². The largest absolute Gasteiger partial charge is 0.457 e. The first-order chi connectivity index (χ1) is 8.56. The first-order valence-electron chi connectivity index (χ1n) is 5.79. The second-order valence-corrected chi connectivity index (χ2v) is 4.83. The molecule has 0 aliphatic rings. The molecule has 3 heteroatoms. The molecule has 0 unspecified atom stereocenters. The Morgan fingerprint density at radius 1 is 1.06 bits per heavy atom. The molecular weight excluding hydrogens is 251 g/mol. The highest BCUT2D eigenvalue weighted by Crippen LogP contribution is 2.27. The lowest BCUT2D eigenvalue weighted by molar-refractivity contribution is 0.475. The van der Waals surface area contributed by atoms with Crippen LogP contribution in [-0.4, -0.2) is 0 Å². The van der Waals surface area contributed by atoms with Gasteiger partial charge in [0.05, 0.1) is 0 Å². The SMILES string of the molecule is CC(C)c1ccc(Oc2cccc(Cl)c2)cc1F. The van der Waals surface area contributed by atoms with Crippen molar-refractivity contribution in [2.45, 2.75) is 19.8 Å². The number of benzene rings is 2. The lowest BCUT2D eigenvalue weighted by Gasteiger charge is -2.10. The van der Waals surface area contributed by atoms with Gasteiger partial charge in [-0.05, 0) is 35.7 Å². The molecule has 0 bridgehead atoms. The summed E-state index contributed by atoms with van der Waals surface area (Å²) < 4.78 is 19.3. The van der Waals surface area contributed by atoms with Crippen molar-refractivity contribution < 1.29 is 9.13 Å². The van der Waals surface area contributed by atoms with Gasteiger partial charge in [-0.15, -0.1) is 0 Å². The van der Waals surface area contributed by atoms with E-state index in [1.54, 1.807) is 36.4 Å². The van der Waals surface area contributed by atoms with E-state index >= 15 is 0 Å². The third-order valence-corrected chi connectivity index (χ3v) is 2.86. The average molecular weight is 265 g/mol. The van der Waals surface area contributed by atoms with Crippen molar-refractivity contribution in [3.05, 3.63) is 58.9 Å². The summed E-state index contributed by atoms with van der Waals surface area (Å²) in [5.74, 6) is 0.980. The molecule has 0 aliphatic heterocycles. The van der Waals surface area contributed by atoms with E-state index in [1.165, 1.54) is 6.07 Å². The summed E-state index contributed by atoms with van der Waals surface area (Å²) in [5, 5.41) is 0.590. The molecule has 0 aromatic heterocycles. The maximum atomic E-state index is 13.8. The van der Waals surface area contributed by atoms with Crippen LogP contribution in [0.15, 0.2) is 42.5 Å². The standard InChI is InChI=1S/C15H14ClFO/c1-10(2)14-7-6-13(9-15(14)17)18-12-5-3-4-11(16)8-12/h3-10H,1-2H3. The summed E-state index contributed by atoms with van der Waals surface area (Å²) in [5.41, 5.74) is 0.688. The van der Waals surface area contributed by atoms with E-state index in [1.807, 2.05) is 13.8 Å². The monoisotopic (exact) mass is 264 g/mol. The smallest absolute Gasteiger partial charge is 0.130 e. The van der Waals surface area contributed by atoms with E-state index in [0.717, 1.165) is 0 Å². The fraction of sp³-hybridized carbons (Fsp3) is 0.200. The minimum Gasteiger partial charge on any atom is -0.457 e. The van der Waals surface area contributed by atoms with Gasteiger partial charge in [-0.2, -0.15) is 0 Å². The van der Waals surface area contributed by atoms with E-state index in [9.17, 15) is 4.39 Å². The summed E-state index contributed by atoms with van der Waals surface area (Å²) in [4.78, 5) is 0. The van der Waals surface area contributed by atoms with Crippen LogP contribution in [0.5, 0.6) is 11.5 Å². The number of hydrogen-bond acceptors (Lipinski definition) is 1. The first kappa shape index (κ1) is 12.9. The van der Waals surface area contributed by atoms with Gasteiger partial charge in [-0.25, -0.2) is 4.39 Å². The molecular formula is C15H14ClFO. The number of halogens is 2. The summed E-state index contributed by atoms with van der Waals surface area (Å²) >= 11 is 5.86. The number of ether oxygens (including phenoxy) is 1. The van der Waals surface area contributed by atoms with Gasteiger partial charge in [-0.3, -0.25) is 0 Å². The Kier molecular flexibility index (Phi) is 3.87. The van der Waals surface area contributed by atoms with Crippen molar-refractivity contribution in [2.75, 3.05) is 0 Å². The van der Waals surface area contributed by atoms with Crippen LogP contribution in [0, 0.1) is 5.82 Å². The zero-order chi connectivity index (χ0) is 13.1. The van der Waals surface area contributed by atoms with Gasteiger partial charge in [0, 0.05) is 11.1 Å². The first-order valence-corrected chi connectivity index (χ1v) is 6.17. The second kappa shape index (κ2) is 5.40. The number of rotatable bonds is 3. The van der Waals surface area contributed by atoms with Crippen LogP contribution in [0.1, 0.15) is 25.3 Å². The highest BCUT2D eigenvalue weighted by Gasteiger charge is 2.08. The molecule has 0 radical (unpaired) electrons. The average Bonchev–Trinajstić information content (AvgIpc) is 2.28. The van der Waals surface area contributed by atoms with Crippen LogP contribution in [-0.2, 0) is 0 Å². The molecule has 0 heterocycles. The zero-order valence-electron chi connectivity index (χ0n) is 10.3. The van der Waals surface area contributed by atoms with Crippen molar-refractivity contribution in [3.63, 3.8) is 0 Å². The highest BCUT2D eigenvalue weighted by molar-refractivity contribution is 6.30. The van der Waals surface area contributed by atoms with E-state index in [-0.39, 0.29) is 11.7 Å². The quantitative estimate of drug-likeness (QED) is 0.722. The molecule has 0 spiro atoms. The van der Waals surface area contributed by atoms with Crippen molar-refractivity contribution in [2.24, 2.45) is 0 Å². The minimum absolute atomic E-state index is 0.158. The lowest BCUT2D eigenvalue weighted by Crippen LogP contribution is -1.93. The fourth-order valence-corrected chi connectivity index (χ4v) is 1.89. The Bertz CT molecular complexity index is 552. The molecule has 2 aromatic carbocycles. The van der Waals surface area contributed by atoms with Gasteiger partial charge in [0.1, 0.15) is 17.3 Å². The number of hydrogen-bond donors (Lipinski definition) is 0. The highest BCUT2D eigenvalue weighted by atomic mass is 35.5. The van der Waals surface area contributed by atoms with Crippen LogP contribution in [0.25, 0.3) is 0 Å². The Morgan fingerprint density at radius 3 is 2.39 bits per heavy atom. The van der Waals surface area contributed by atoms with Gasteiger partial charge in [0.15, 0.2) is 0 Å². The molecule has 0 fully saturated rings. The summed E-state index contributed by atoms with van der Waals surface area (Å²) in [7, 11) is 0. The molecule has 94 valence electrons. The van der Waals surface area contributed by atoms with Crippen molar-refractivity contribution in [3.8, 4) is 11.5 Å². The molecule has 0 amide bonds. The fourth-order valence-electron chi connectivity index (χ4n) is 1.71. The Balaban J connectivity index is 2.23. The maximum absolute atomic E-state index is 13.8. The Morgan fingerprint density at radius 2 is 1.78 bits per heavy atom. The Hall–Kier alpha value is -1.54. The molecule has 18 heavy (non-hydrogen) atoms. The summed E-state index contributed by atoms with van der Waals surface area (Å²) in [6, 6.07) is 11.9. The summed E-state index contributed by atoms with van der Waals surface area (Å²) in [6.07, 6.45) is 0. The van der Waals surface area contributed by atoms with Crippen molar-refractivity contribution in [1.29, 1.82) is 0 Å². The van der Waals surface area contributed by atoms with Gasteiger partial charge < -0.3 is 4.74 Å². The third kappa shape index (κ3) is 3.02. The molecule has 0 saturated heterocycles. The second-order valence-electron chi connectivity index (χ2n) is 4.40. The topological polar surface area (TPSA) is 9.23 Å². The minimum atomic E-state index is -0.246. The molecule has 0 aliphatic carbocycles.